The van der Waals surface area contributed by atoms with E-state index in [2.05, 4.69) is 48.3 Å². The Hall–Kier alpha value is -1.50. The van der Waals surface area contributed by atoms with Crippen LogP contribution < -0.4 is 0 Å². The number of aromatic amines is 1. The topological polar surface area (TPSA) is 15.8 Å². The highest BCUT2D eigenvalue weighted by atomic mass is 14.7. The predicted octanol–water partition coefficient (Wildman–Crippen LogP) is 4.37. The molecule has 0 aliphatic carbocycles. The molecule has 1 aromatic carbocycles. The summed E-state index contributed by atoms with van der Waals surface area (Å²) < 4.78 is 0. The minimum atomic E-state index is 1.18. The first-order chi connectivity index (χ1) is 7.40. The lowest BCUT2D eigenvalue weighted by Crippen LogP contribution is -1.73. The Morgan fingerprint density at radius 1 is 1.27 bits per heavy atom. The normalized spacial score (nSPS) is 11.5. The van der Waals surface area contributed by atoms with E-state index in [-0.39, 0.29) is 0 Å². The van der Waals surface area contributed by atoms with E-state index >= 15 is 0 Å². The molecule has 0 aliphatic heterocycles. The van der Waals surface area contributed by atoms with Gasteiger partial charge in [0.15, 0.2) is 0 Å². The molecule has 0 unspecified atom stereocenters. The second-order valence-corrected chi connectivity index (χ2v) is 3.87. The highest BCUT2D eigenvalue weighted by molar-refractivity contribution is 5.81. The number of allylic oxidation sites excluding steroid dienone is 1. The lowest BCUT2D eigenvalue weighted by molar-refractivity contribution is 0.816. The van der Waals surface area contributed by atoms with E-state index in [1.165, 1.54) is 35.7 Å². The van der Waals surface area contributed by atoms with Crippen molar-refractivity contribution in [3.8, 4) is 0 Å². The number of hydrogen-bond donors (Lipinski definition) is 1. The zero-order valence-electron chi connectivity index (χ0n) is 9.16. The monoisotopic (exact) mass is 199 g/mol. The number of H-pyrrole nitrogens is 1. The van der Waals surface area contributed by atoms with Crippen LogP contribution in [0.25, 0.3) is 17.0 Å². The lowest BCUT2D eigenvalue weighted by atomic mass is 10.1. The minimum absolute atomic E-state index is 1.18. The van der Waals surface area contributed by atoms with Crippen molar-refractivity contribution >= 4 is 17.0 Å². The average Bonchev–Trinajstić information content (AvgIpc) is 2.71. The van der Waals surface area contributed by atoms with Crippen LogP contribution in [-0.2, 0) is 0 Å². The Labute approximate surface area is 90.8 Å². The number of hydrogen-bond acceptors (Lipinski definition) is 0. The molecule has 1 heteroatoms. The largest absolute Gasteiger partial charge is 0.361 e. The summed E-state index contributed by atoms with van der Waals surface area (Å²) in [5.74, 6) is 0. The van der Waals surface area contributed by atoms with Gasteiger partial charge in [-0.3, -0.25) is 0 Å². The molecule has 2 rings (SSSR count). The molecule has 0 spiro atoms. The van der Waals surface area contributed by atoms with Gasteiger partial charge in [-0.1, -0.05) is 44.1 Å². The Morgan fingerprint density at radius 2 is 2.20 bits per heavy atom. The lowest BCUT2D eigenvalue weighted by Gasteiger charge is -1.94. The zero-order valence-corrected chi connectivity index (χ0v) is 9.16. The number of benzene rings is 1. The molecular formula is C14H17N. The molecule has 15 heavy (non-hydrogen) atoms. The molecule has 0 bridgehead atoms. The first kappa shape index (κ1) is 10.0. The van der Waals surface area contributed by atoms with Gasteiger partial charge in [-0.2, -0.15) is 0 Å². The van der Waals surface area contributed by atoms with Crippen LogP contribution in [0.4, 0.5) is 0 Å². The number of rotatable bonds is 4. The van der Waals surface area contributed by atoms with Crippen LogP contribution in [0.1, 0.15) is 31.7 Å². The minimum Gasteiger partial charge on any atom is -0.361 e. The van der Waals surface area contributed by atoms with Gasteiger partial charge < -0.3 is 4.98 Å². The van der Waals surface area contributed by atoms with Crippen LogP contribution in [0.15, 0.2) is 36.5 Å². The summed E-state index contributed by atoms with van der Waals surface area (Å²) in [6.45, 7) is 2.22. The zero-order chi connectivity index (χ0) is 10.5. The smallest absolute Gasteiger partial charge is 0.0459 e. The Kier molecular flexibility index (Phi) is 3.23. The molecule has 0 amide bonds. The molecule has 0 saturated heterocycles. The van der Waals surface area contributed by atoms with Gasteiger partial charge in [-0.15, -0.1) is 0 Å². The first-order valence-electron chi connectivity index (χ1n) is 5.64. The van der Waals surface area contributed by atoms with Crippen molar-refractivity contribution in [2.45, 2.75) is 26.2 Å². The molecule has 0 aliphatic rings. The molecule has 0 radical (unpaired) electrons. The highest BCUT2D eigenvalue weighted by Crippen LogP contribution is 2.15. The van der Waals surface area contributed by atoms with Crippen LogP contribution in [0.3, 0.4) is 0 Å². The van der Waals surface area contributed by atoms with E-state index in [0.29, 0.717) is 0 Å². The fourth-order valence-electron chi connectivity index (χ4n) is 1.71. The molecule has 1 nitrogen and oxygen atoms in total. The third-order valence-electron chi connectivity index (χ3n) is 2.61. The maximum atomic E-state index is 3.23. The van der Waals surface area contributed by atoms with Gasteiger partial charge in [0.2, 0.25) is 0 Å². The van der Waals surface area contributed by atoms with Crippen molar-refractivity contribution in [3.05, 3.63) is 42.1 Å². The second-order valence-electron chi connectivity index (χ2n) is 3.87. The third-order valence-corrected chi connectivity index (χ3v) is 2.61. The van der Waals surface area contributed by atoms with E-state index in [0.717, 1.165) is 0 Å². The van der Waals surface area contributed by atoms with Gasteiger partial charge in [0.25, 0.3) is 0 Å². The van der Waals surface area contributed by atoms with Crippen molar-refractivity contribution in [1.29, 1.82) is 0 Å². The van der Waals surface area contributed by atoms with Crippen molar-refractivity contribution in [2.75, 3.05) is 0 Å². The summed E-state index contributed by atoms with van der Waals surface area (Å²) in [6, 6.07) is 8.61. The van der Waals surface area contributed by atoms with Gasteiger partial charge in [0.05, 0.1) is 0 Å². The SMILES string of the molecule is CCCCC=Cc1ccc2cc[nH]c2c1. The number of fused-ring (bicyclic) bond motifs is 1. The molecule has 78 valence electrons. The van der Waals surface area contributed by atoms with Gasteiger partial charge in [-0.25, -0.2) is 0 Å². The number of nitrogens with one attached hydrogen (secondary N) is 1. The molecule has 0 fully saturated rings. The summed E-state index contributed by atoms with van der Waals surface area (Å²) in [5.41, 5.74) is 2.49. The van der Waals surface area contributed by atoms with Crippen LogP contribution in [0.5, 0.6) is 0 Å². The summed E-state index contributed by atoms with van der Waals surface area (Å²) in [5, 5.41) is 1.28. The van der Waals surface area contributed by atoms with E-state index in [9.17, 15) is 0 Å². The molecule has 1 N–H and O–H groups in total. The van der Waals surface area contributed by atoms with E-state index < -0.39 is 0 Å². The van der Waals surface area contributed by atoms with E-state index in [1.807, 2.05) is 6.20 Å². The Balaban J connectivity index is 2.10. The van der Waals surface area contributed by atoms with E-state index in [4.69, 9.17) is 0 Å². The van der Waals surface area contributed by atoms with Crippen LogP contribution in [-0.4, -0.2) is 4.98 Å². The second kappa shape index (κ2) is 4.83. The van der Waals surface area contributed by atoms with E-state index in [1.54, 1.807) is 0 Å². The molecule has 2 aromatic rings. The molecule has 1 aromatic heterocycles. The van der Waals surface area contributed by atoms with Crippen LogP contribution in [0, 0.1) is 0 Å². The molecule has 0 atom stereocenters. The number of unbranched alkanes of at least 4 members (excludes halogenated alkanes) is 2. The summed E-state index contributed by atoms with van der Waals surface area (Å²) in [7, 11) is 0. The highest BCUT2D eigenvalue weighted by Gasteiger charge is 1.93. The van der Waals surface area contributed by atoms with Crippen molar-refractivity contribution < 1.29 is 0 Å². The standard InChI is InChI=1S/C14H17N/c1-2-3-4-5-6-12-7-8-13-9-10-15-14(13)11-12/h5-11,15H,2-4H2,1H3. The summed E-state index contributed by atoms with van der Waals surface area (Å²) in [6.07, 6.45) is 10.2. The van der Waals surface area contributed by atoms with Crippen molar-refractivity contribution in [3.63, 3.8) is 0 Å². The van der Waals surface area contributed by atoms with Gasteiger partial charge in [0, 0.05) is 11.7 Å². The summed E-state index contributed by atoms with van der Waals surface area (Å²) >= 11 is 0. The molecule has 1 heterocycles. The molecule has 0 saturated carbocycles. The maximum absolute atomic E-state index is 3.23. The first-order valence-corrected chi connectivity index (χ1v) is 5.64. The Bertz CT molecular complexity index is 451. The predicted molar refractivity (Wildman–Crippen MR) is 66.9 cm³/mol. The van der Waals surface area contributed by atoms with Gasteiger partial charge in [-0.05, 0) is 29.5 Å². The van der Waals surface area contributed by atoms with Gasteiger partial charge >= 0.3 is 0 Å². The Morgan fingerprint density at radius 3 is 3.07 bits per heavy atom. The van der Waals surface area contributed by atoms with Crippen LogP contribution >= 0.6 is 0 Å². The van der Waals surface area contributed by atoms with Gasteiger partial charge in [0.1, 0.15) is 0 Å². The fraction of sp³-hybridized carbons (Fsp3) is 0.286. The van der Waals surface area contributed by atoms with Crippen molar-refractivity contribution in [2.24, 2.45) is 0 Å². The number of aromatic nitrogens is 1. The summed E-state index contributed by atoms with van der Waals surface area (Å²) in [4.78, 5) is 3.23. The molecular weight excluding hydrogens is 182 g/mol. The third kappa shape index (κ3) is 2.50. The fourth-order valence-corrected chi connectivity index (χ4v) is 1.71. The van der Waals surface area contributed by atoms with Crippen LogP contribution in [0.2, 0.25) is 0 Å². The maximum Gasteiger partial charge on any atom is 0.0459 e. The van der Waals surface area contributed by atoms with Crippen molar-refractivity contribution in [1.82, 2.24) is 4.98 Å². The quantitative estimate of drug-likeness (QED) is 0.704. The average molecular weight is 199 g/mol.